The fraction of sp³-hybridized carbons (Fsp3) is 0.727. The molecule has 18 heavy (non-hydrogen) atoms. The molecule has 1 amide bonds. The van der Waals surface area contributed by atoms with Gasteiger partial charge in [0.15, 0.2) is 0 Å². The van der Waals surface area contributed by atoms with Crippen molar-refractivity contribution < 1.29 is 9.21 Å². The molecule has 0 saturated heterocycles. The van der Waals surface area contributed by atoms with Crippen LogP contribution in [0.3, 0.4) is 0 Å². The summed E-state index contributed by atoms with van der Waals surface area (Å²) < 4.78 is 5.39. The summed E-state index contributed by atoms with van der Waals surface area (Å²) in [5, 5.41) is 13.9. The molecule has 0 spiro atoms. The van der Waals surface area contributed by atoms with Crippen LogP contribution in [0.15, 0.2) is 4.42 Å². The van der Waals surface area contributed by atoms with E-state index in [1.54, 1.807) is 0 Å². The molecular formula is C11H19N5O2. The molecule has 1 saturated carbocycles. The quantitative estimate of drug-likeness (QED) is 0.643. The van der Waals surface area contributed by atoms with Crippen molar-refractivity contribution in [3.05, 3.63) is 5.89 Å². The average molecular weight is 253 g/mol. The Morgan fingerprint density at radius 1 is 1.50 bits per heavy atom. The molecule has 2 rings (SSSR count). The predicted molar refractivity (Wildman–Crippen MR) is 65.6 cm³/mol. The summed E-state index contributed by atoms with van der Waals surface area (Å²) in [6, 6.07) is 0.317. The zero-order valence-corrected chi connectivity index (χ0v) is 10.6. The Balaban J connectivity index is 1.89. The van der Waals surface area contributed by atoms with E-state index < -0.39 is 11.9 Å². The van der Waals surface area contributed by atoms with Crippen molar-refractivity contribution in [1.29, 1.82) is 0 Å². The van der Waals surface area contributed by atoms with E-state index in [-0.39, 0.29) is 11.9 Å². The van der Waals surface area contributed by atoms with Crippen LogP contribution in [0, 0.1) is 5.92 Å². The summed E-state index contributed by atoms with van der Waals surface area (Å²) in [6.45, 7) is 4.35. The molecule has 0 aliphatic heterocycles. The van der Waals surface area contributed by atoms with Crippen LogP contribution in [0.5, 0.6) is 0 Å². The first-order valence-electron chi connectivity index (χ1n) is 6.18. The molecular weight excluding hydrogens is 234 g/mol. The monoisotopic (exact) mass is 253 g/mol. The normalized spacial score (nSPS) is 16.8. The average Bonchev–Trinajstić information content (AvgIpc) is 3.02. The topological polar surface area (TPSA) is 106 Å². The third-order valence-corrected chi connectivity index (χ3v) is 2.84. The van der Waals surface area contributed by atoms with Gasteiger partial charge in [-0.15, -0.1) is 5.10 Å². The molecule has 7 heteroatoms. The first-order chi connectivity index (χ1) is 8.56. The number of hydrogen-bond acceptors (Lipinski definition) is 6. The molecule has 1 aromatic heterocycles. The van der Waals surface area contributed by atoms with E-state index >= 15 is 0 Å². The van der Waals surface area contributed by atoms with Gasteiger partial charge in [0.05, 0.1) is 6.54 Å². The number of carbonyl (C=O) groups excluding carboxylic acids is 1. The molecule has 1 aliphatic carbocycles. The molecule has 1 fully saturated rings. The summed E-state index contributed by atoms with van der Waals surface area (Å²) in [4.78, 5) is 11.2. The van der Waals surface area contributed by atoms with Crippen LogP contribution in [0.1, 0.15) is 32.6 Å². The lowest BCUT2D eigenvalue weighted by molar-refractivity contribution is -0.119. The van der Waals surface area contributed by atoms with E-state index in [2.05, 4.69) is 20.8 Å². The Morgan fingerprint density at radius 3 is 2.78 bits per heavy atom. The second-order valence-electron chi connectivity index (χ2n) is 4.92. The lowest BCUT2D eigenvalue weighted by Gasteiger charge is -2.16. The molecule has 1 atom stereocenters. The van der Waals surface area contributed by atoms with E-state index in [0.717, 1.165) is 0 Å². The standard InChI is InChI=1S/C11H19N5O2/c1-6(2)9(10(12)17)14-11-16-15-8(18-11)5-13-7-3-4-7/h6-7,9,13H,3-5H2,1-2H3,(H2,12,17)(H,14,16). The van der Waals surface area contributed by atoms with Gasteiger partial charge in [-0.2, -0.15) is 0 Å². The van der Waals surface area contributed by atoms with Crippen LogP contribution in [-0.2, 0) is 11.3 Å². The molecule has 0 bridgehead atoms. The van der Waals surface area contributed by atoms with Gasteiger partial charge < -0.3 is 20.8 Å². The molecule has 1 heterocycles. The van der Waals surface area contributed by atoms with Gasteiger partial charge in [0.1, 0.15) is 6.04 Å². The van der Waals surface area contributed by atoms with Gasteiger partial charge in [0.25, 0.3) is 0 Å². The van der Waals surface area contributed by atoms with Gasteiger partial charge in [0.2, 0.25) is 11.8 Å². The first kappa shape index (κ1) is 12.8. The number of primary amides is 1. The third kappa shape index (κ3) is 3.43. The molecule has 100 valence electrons. The fourth-order valence-electron chi connectivity index (χ4n) is 1.60. The van der Waals surface area contributed by atoms with Gasteiger partial charge in [-0.1, -0.05) is 18.9 Å². The molecule has 0 radical (unpaired) electrons. The summed E-state index contributed by atoms with van der Waals surface area (Å²) in [7, 11) is 0. The second kappa shape index (κ2) is 5.34. The number of nitrogens with one attached hydrogen (secondary N) is 2. The maximum atomic E-state index is 11.2. The molecule has 4 N–H and O–H groups in total. The fourth-order valence-corrected chi connectivity index (χ4v) is 1.60. The van der Waals surface area contributed by atoms with E-state index in [1.807, 2.05) is 13.8 Å². The van der Waals surface area contributed by atoms with Crippen LogP contribution in [0.4, 0.5) is 6.01 Å². The zero-order chi connectivity index (χ0) is 13.1. The largest absolute Gasteiger partial charge is 0.407 e. The van der Waals surface area contributed by atoms with Crippen molar-refractivity contribution >= 4 is 11.9 Å². The molecule has 0 aromatic carbocycles. The van der Waals surface area contributed by atoms with E-state index in [1.165, 1.54) is 12.8 Å². The molecule has 7 nitrogen and oxygen atoms in total. The SMILES string of the molecule is CC(C)C(Nc1nnc(CNC2CC2)o1)C(N)=O. The molecule has 1 unspecified atom stereocenters. The van der Waals surface area contributed by atoms with Crippen molar-refractivity contribution in [2.24, 2.45) is 11.7 Å². The van der Waals surface area contributed by atoms with Gasteiger partial charge >= 0.3 is 6.01 Å². The minimum Gasteiger partial charge on any atom is -0.407 e. The number of anilines is 1. The van der Waals surface area contributed by atoms with E-state index in [0.29, 0.717) is 18.5 Å². The first-order valence-corrected chi connectivity index (χ1v) is 6.18. The summed E-state index contributed by atoms with van der Waals surface area (Å²) in [6.07, 6.45) is 2.41. The number of rotatable bonds is 7. The maximum absolute atomic E-state index is 11.2. The number of hydrogen-bond donors (Lipinski definition) is 3. The third-order valence-electron chi connectivity index (χ3n) is 2.84. The summed E-state index contributed by atoms with van der Waals surface area (Å²) in [5.74, 6) is 0.139. The predicted octanol–water partition coefficient (Wildman–Crippen LogP) is 0.243. The lowest BCUT2D eigenvalue weighted by Crippen LogP contribution is -2.39. The van der Waals surface area contributed by atoms with E-state index in [9.17, 15) is 4.79 Å². The zero-order valence-electron chi connectivity index (χ0n) is 10.6. The van der Waals surface area contributed by atoms with Crippen LogP contribution in [-0.4, -0.2) is 28.2 Å². The van der Waals surface area contributed by atoms with Gasteiger partial charge in [0, 0.05) is 6.04 Å². The Kier molecular flexibility index (Phi) is 3.81. The highest BCUT2D eigenvalue weighted by Crippen LogP contribution is 2.19. The Labute approximate surface area is 106 Å². The highest BCUT2D eigenvalue weighted by atomic mass is 16.4. The van der Waals surface area contributed by atoms with Crippen LogP contribution in [0.2, 0.25) is 0 Å². The van der Waals surface area contributed by atoms with Crippen LogP contribution in [0.25, 0.3) is 0 Å². The number of aromatic nitrogens is 2. The Morgan fingerprint density at radius 2 is 2.22 bits per heavy atom. The van der Waals surface area contributed by atoms with Crippen LogP contribution >= 0.6 is 0 Å². The van der Waals surface area contributed by atoms with Crippen molar-refractivity contribution in [3.63, 3.8) is 0 Å². The smallest absolute Gasteiger partial charge is 0.316 e. The van der Waals surface area contributed by atoms with Gasteiger partial charge in [-0.05, 0) is 18.8 Å². The second-order valence-corrected chi connectivity index (χ2v) is 4.92. The number of nitrogens with zero attached hydrogens (tertiary/aromatic N) is 2. The maximum Gasteiger partial charge on any atom is 0.316 e. The van der Waals surface area contributed by atoms with Crippen LogP contribution < -0.4 is 16.4 Å². The molecule has 1 aromatic rings. The Hall–Kier alpha value is -1.63. The van der Waals surface area contributed by atoms with Crippen molar-refractivity contribution in [2.75, 3.05) is 5.32 Å². The molecule has 1 aliphatic rings. The minimum atomic E-state index is -0.505. The number of amides is 1. The van der Waals surface area contributed by atoms with E-state index in [4.69, 9.17) is 10.2 Å². The number of nitrogens with two attached hydrogens (primary N) is 1. The Bertz CT molecular complexity index is 413. The van der Waals surface area contributed by atoms with Gasteiger partial charge in [-0.3, -0.25) is 4.79 Å². The van der Waals surface area contributed by atoms with Crippen molar-refractivity contribution in [2.45, 2.75) is 45.3 Å². The lowest BCUT2D eigenvalue weighted by atomic mass is 10.0. The number of carbonyl (C=O) groups is 1. The summed E-state index contributed by atoms with van der Waals surface area (Å²) >= 11 is 0. The van der Waals surface area contributed by atoms with Crippen molar-refractivity contribution in [1.82, 2.24) is 15.5 Å². The van der Waals surface area contributed by atoms with Gasteiger partial charge in [-0.25, -0.2) is 0 Å². The summed E-state index contributed by atoms with van der Waals surface area (Å²) in [5.41, 5.74) is 5.30. The highest BCUT2D eigenvalue weighted by Gasteiger charge is 2.23. The minimum absolute atomic E-state index is 0.0578. The highest BCUT2D eigenvalue weighted by molar-refractivity contribution is 5.82. The van der Waals surface area contributed by atoms with Crippen molar-refractivity contribution in [3.8, 4) is 0 Å².